The molecule has 3 unspecified atom stereocenters. The van der Waals surface area contributed by atoms with E-state index in [0.29, 0.717) is 18.0 Å². The Labute approximate surface area is 177 Å². The number of halogens is 1. The number of benzene rings is 1. The molecule has 2 heterocycles. The predicted octanol–water partition coefficient (Wildman–Crippen LogP) is 3.73. The second-order valence-corrected chi connectivity index (χ2v) is 8.73. The molecule has 3 fully saturated rings. The quantitative estimate of drug-likeness (QED) is 0.753. The molecule has 2 saturated heterocycles. The first-order valence-corrected chi connectivity index (χ1v) is 11.2. The van der Waals surface area contributed by atoms with Crippen LogP contribution in [0.3, 0.4) is 0 Å². The van der Waals surface area contributed by atoms with Crippen LogP contribution in [0.4, 0.5) is 0 Å². The summed E-state index contributed by atoms with van der Waals surface area (Å²) in [5.41, 5.74) is 2.90. The Hall–Kier alpha value is -0.650. The molecule has 0 bridgehead atoms. The van der Waals surface area contributed by atoms with Crippen molar-refractivity contribution < 1.29 is 4.74 Å². The maximum Gasteiger partial charge on any atom is 0.0623 e. The monoisotopic (exact) mass is 407 g/mol. The van der Waals surface area contributed by atoms with Crippen molar-refractivity contribution in [3.63, 3.8) is 0 Å². The number of rotatable bonds is 6. The van der Waals surface area contributed by atoms with Gasteiger partial charge in [0, 0.05) is 31.7 Å². The van der Waals surface area contributed by atoms with Gasteiger partial charge in [-0.1, -0.05) is 43.5 Å². The molecular weight excluding hydrogens is 370 g/mol. The van der Waals surface area contributed by atoms with Crippen LogP contribution in [-0.2, 0) is 17.8 Å². The summed E-state index contributed by atoms with van der Waals surface area (Å²) in [5.74, 6) is 0.714. The normalized spacial score (nSPS) is 29.2. The van der Waals surface area contributed by atoms with Gasteiger partial charge < -0.3 is 15.4 Å². The van der Waals surface area contributed by atoms with Crippen molar-refractivity contribution in [2.24, 2.45) is 5.92 Å². The highest BCUT2D eigenvalue weighted by Crippen LogP contribution is 2.29. The summed E-state index contributed by atoms with van der Waals surface area (Å²) in [6, 6.07) is 10.4. The molecule has 0 radical (unpaired) electrons. The van der Waals surface area contributed by atoms with E-state index in [2.05, 4.69) is 39.8 Å². The third-order valence-corrected chi connectivity index (χ3v) is 6.70. The molecule has 2 N–H and O–H groups in total. The Morgan fingerprint density at radius 3 is 2.64 bits per heavy atom. The van der Waals surface area contributed by atoms with Gasteiger partial charge in [0.1, 0.15) is 0 Å². The lowest BCUT2D eigenvalue weighted by Crippen LogP contribution is -2.50. The number of nitrogens with zero attached hydrogens (tertiary/aromatic N) is 1. The van der Waals surface area contributed by atoms with Crippen LogP contribution in [0, 0.1) is 5.92 Å². The zero-order valence-corrected chi connectivity index (χ0v) is 18.0. The average molecular weight is 408 g/mol. The first kappa shape index (κ1) is 22.0. The zero-order valence-electron chi connectivity index (χ0n) is 17.2. The van der Waals surface area contributed by atoms with Gasteiger partial charge in [-0.25, -0.2) is 0 Å². The molecule has 1 saturated carbocycles. The largest absolute Gasteiger partial charge is 0.379 e. The highest BCUT2D eigenvalue weighted by Gasteiger charge is 2.34. The highest BCUT2D eigenvalue weighted by molar-refractivity contribution is 5.85. The number of ether oxygens (including phenoxy) is 1. The number of nitrogens with one attached hydrogen (secondary N) is 2. The fourth-order valence-electron chi connectivity index (χ4n) is 5.22. The second kappa shape index (κ2) is 11.5. The van der Waals surface area contributed by atoms with E-state index in [1.54, 1.807) is 0 Å². The topological polar surface area (TPSA) is 36.5 Å². The molecule has 4 rings (SSSR count). The Morgan fingerprint density at radius 1 is 1.04 bits per heavy atom. The molecule has 0 spiro atoms. The van der Waals surface area contributed by atoms with Crippen molar-refractivity contribution in [2.75, 3.05) is 32.8 Å². The molecule has 158 valence electrons. The Morgan fingerprint density at radius 2 is 1.86 bits per heavy atom. The first-order chi connectivity index (χ1) is 13.4. The molecular formula is C23H38ClN3O. The van der Waals surface area contributed by atoms with Gasteiger partial charge in [0.05, 0.1) is 13.2 Å². The summed E-state index contributed by atoms with van der Waals surface area (Å²) < 4.78 is 5.71. The zero-order chi connectivity index (χ0) is 18.3. The maximum absolute atomic E-state index is 5.71. The van der Waals surface area contributed by atoms with Crippen LogP contribution in [0.15, 0.2) is 24.3 Å². The summed E-state index contributed by atoms with van der Waals surface area (Å²) in [6.45, 7) is 7.39. The minimum absolute atomic E-state index is 0. The lowest BCUT2D eigenvalue weighted by atomic mass is 9.94. The Kier molecular flexibility index (Phi) is 9.06. The van der Waals surface area contributed by atoms with E-state index in [-0.39, 0.29) is 12.4 Å². The van der Waals surface area contributed by atoms with Crippen molar-refractivity contribution in [3.05, 3.63) is 35.4 Å². The number of likely N-dealkylation sites (tertiary alicyclic amines) is 1. The molecule has 1 aliphatic carbocycles. The van der Waals surface area contributed by atoms with Gasteiger partial charge >= 0.3 is 0 Å². The van der Waals surface area contributed by atoms with E-state index in [1.807, 2.05) is 0 Å². The minimum Gasteiger partial charge on any atom is -0.379 e. The molecule has 3 aliphatic rings. The summed E-state index contributed by atoms with van der Waals surface area (Å²) in [7, 11) is 0. The van der Waals surface area contributed by atoms with E-state index in [0.717, 1.165) is 32.8 Å². The van der Waals surface area contributed by atoms with E-state index >= 15 is 0 Å². The number of hydrogen-bond acceptors (Lipinski definition) is 4. The summed E-state index contributed by atoms with van der Waals surface area (Å²) >= 11 is 0. The van der Waals surface area contributed by atoms with Crippen molar-refractivity contribution in [2.45, 2.75) is 70.1 Å². The predicted molar refractivity (Wildman–Crippen MR) is 118 cm³/mol. The lowest BCUT2D eigenvalue weighted by molar-refractivity contribution is 0.0524. The van der Waals surface area contributed by atoms with Crippen molar-refractivity contribution in [1.82, 2.24) is 15.5 Å². The third kappa shape index (κ3) is 6.17. The lowest BCUT2D eigenvalue weighted by Gasteiger charge is -2.33. The van der Waals surface area contributed by atoms with Gasteiger partial charge in [0.2, 0.25) is 0 Å². The van der Waals surface area contributed by atoms with E-state index < -0.39 is 0 Å². The van der Waals surface area contributed by atoms with Gasteiger partial charge in [-0.05, 0) is 55.8 Å². The molecule has 5 heteroatoms. The van der Waals surface area contributed by atoms with Gasteiger partial charge in [-0.3, -0.25) is 4.90 Å². The van der Waals surface area contributed by atoms with Crippen LogP contribution in [0.2, 0.25) is 0 Å². The molecule has 1 aromatic carbocycles. The fraction of sp³-hybridized carbons (Fsp3) is 0.739. The molecule has 4 nitrogen and oxygen atoms in total. The van der Waals surface area contributed by atoms with Gasteiger partial charge in [0.15, 0.2) is 0 Å². The number of hydrogen-bond donors (Lipinski definition) is 2. The second-order valence-electron chi connectivity index (χ2n) is 8.73. The third-order valence-electron chi connectivity index (χ3n) is 6.70. The van der Waals surface area contributed by atoms with E-state index in [4.69, 9.17) is 4.74 Å². The van der Waals surface area contributed by atoms with Gasteiger partial charge in [-0.2, -0.15) is 0 Å². The smallest absolute Gasteiger partial charge is 0.0623 e. The van der Waals surface area contributed by atoms with Gasteiger partial charge in [-0.15, -0.1) is 12.4 Å². The SMILES string of the molecule is Cl.c1cc(CNC2CCCC2C2COCCN2)cc(CN2CCCCCC2)c1. The Balaban J connectivity index is 0.00000225. The van der Waals surface area contributed by atoms with Crippen LogP contribution < -0.4 is 10.6 Å². The van der Waals surface area contributed by atoms with E-state index in [9.17, 15) is 0 Å². The molecule has 1 aromatic rings. The molecule has 0 amide bonds. The van der Waals surface area contributed by atoms with Crippen molar-refractivity contribution >= 4 is 12.4 Å². The molecule has 3 atom stereocenters. The van der Waals surface area contributed by atoms with E-state index in [1.165, 1.54) is 69.2 Å². The fourth-order valence-corrected chi connectivity index (χ4v) is 5.22. The van der Waals surface area contributed by atoms with Crippen LogP contribution in [-0.4, -0.2) is 49.8 Å². The average Bonchev–Trinajstić information content (AvgIpc) is 3.04. The highest BCUT2D eigenvalue weighted by atomic mass is 35.5. The van der Waals surface area contributed by atoms with Crippen LogP contribution in [0.1, 0.15) is 56.1 Å². The molecule has 0 aromatic heterocycles. The van der Waals surface area contributed by atoms with Crippen LogP contribution in [0.25, 0.3) is 0 Å². The van der Waals surface area contributed by atoms with Crippen molar-refractivity contribution in [3.8, 4) is 0 Å². The summed E-state index contributed by atoms with van der Waals surface area (Å²) in [4.78, 5) is 2.64. The summed E-state index contributed by atoms with van der Waals surface area (Å²) in [6.07, 6.45) is 9.51. The summed E-state index contributed by atoms with van der Waals surface area (Å²) in [5, 5.41) is 7.56. The van der Waals surface area contributed by atoms with Crippen LogP contribution in [0.5, 0.6) is 0 Å². The molecule has 2 aliphatic heterocycles. The van der Waals surface area contributed by atoms with Crippen LogP contribution >= 0.6 is 12.4 Å². The van der Waals surface area contributed by atoms with Gasteiger partial charge in [0.25, 0.3) is 0 Å². The number of morpholine rings is 1. The Bertz CT molecular complexity index is 571. The molecule has 28 heavy (non-hydrogen) atoms. The van der Waals surface area contributed by atoms with Crippen molar-refractivity contribution in [1.29, 1.82) is 0 Å². The maximum atomic E-state index is 5.71. The minimum atomic E-state index is 0. The first-order valence-electron chi connectivity index (χ1n) is 11.2. The standard InChI is InChI=1S/C23H37N3O.ClH/c1-2-4-13-26(12-3-1)17-20-8-5-7-19(15-20)16-25-22-10-6-9-21(22)23-18-27-14-11-24-23;/h5,7-8,15,21-25H,1-4,6,9-14,16-18H2;1H.